The quantitative estimate of drug-likeness (QED) is 0.412. The molecule has 2 heterocycles. The lowest BCUT2D eigenvalue weighted by molar-refractivity contribution is -0.0876. The Labute approximate surface area is 209 Å². The van der Waals surface area contributed by atoms with Crippen molar-refractivity contribution in [1.82, 2.24) is 9.88 Å². The Morgan fingerprint density at radius 3 is 2.46 bits per heavy atom. The van der Waals surface area contributed by atoms with E-state index in [4.69, 9.17) is 21.1 Å². The molecular formula is C27H29ClN2O5. The van der Waals surface area contributed by atoms with Gasteiger partial charge in [0, 0.05) is 25.6 Å². The molecule has 1 aliphatic carbocycles. The number of fused-ring (bicyclic) bond motifs is 1. The van der Waals surface area contributed by atoms with Crippen LogP contribution in [0, 0.1) is 5.92 Å². The van der Waals surface area contributed by atoms with Crippen molar-refractivity contribution in [1.29, 1.82) is 0 Å². The average molecular weight is 497 g/mol. The Morgan fingerprint density at radius 1 is 1.06 bits per heavy atom. The predicted octanol–water partition coefficient (Wildman–Crippen LogP) is 3.22. The molecule has 1 saturated heterocycles. The van der Waals surface area contributed by atoms with Crippen molar-refractivity contribution >= 4 is 11.6 Å². The van der Waals surface area contributed by atoms with Crippen molar-refractivity contribution in [3.8, 4) is 11.5 Å². The molecule has 2 fully saturated rings. The van der Waals surface area contributed by atoms with Crippen LogP contribution in [0.2, 0.25) is 5.15 Å². The molecule has 3 N–H and O–H groups in total. The van der Waals surface area contributed by atoms with E-state index in [1.807, 2.05) is 65.6 Å². The Morgan fingerprint density at radius 2 is 1.77 bits per heavy atom. The monoisotopic (exact) mass is 496 g/mol. The number of likely N-dealkylation sites (tertiary alicyclic amines) is 1. The Balaban J connectivity index is 1.17. The number of halogens is 1. The Hall–Kier alpha value is -2.68. The number of aliphatic hydroxyl groups excluding tert-OH is 2. The zero-order valence-electron chi connectivity index (χ0n) is 19.2. The molecule has 0 bridgehead atoms. The van der Waals surface area contributed by atoms with E-state index in [2.05, 4.69) is 4.98 Å². The van der Waals surface area contributed by atoms with Gasteiger partial charge in [0.25, 0.3) is 0 Å². The maximum atomic E-state index is 11.2. The summed E-state index contributed by atoms with van der Waals surface area (Å²) in [5.74, 6) is 0.972. The summed E-state index contributed by atoms with van der Waals surface area (Å²) in [5.41, 5.74) is 0.167. The van der Waals surface area contributed by atoms with Crippen LogP contribution in [0.4, 0.5) is 0 Å². The van der Waals surface area contributed by atoms with E-state index in [0.29, 0.717) is 36.8 Å². The van der Waals surface area contributed by atoms with Gasteiger partial charge in [-0.15, -0.1) is 0 Å². The fraction of sp³-hybridized carbons (Fsp3) is 0.370. The fourth-order valence-electron chi connectivity index (χ4n) is 5.09. The molecule has 1 aliphatic heterocycles. The number of benzene rings is 2. The third-order valence-corrected chi connectivity index (χ3v) is 7.19. The second kappa shape index (κ2) is 10.1. The lowest BCUT2D eigenvalue weighted by Gasteiger charge is -2.29. The molecule has 184 valence electrons. The summed E-state index contributed by atoms with van der Waals surface area (Å²) in [7, 11) is 0. The molecule has 5 atom stereocenters. The summed E-state index contributed by atoms with van der Waals surface area (Å²) >= 11 is 6.31. The second-order valence-corrected chi connectivity index (χ2v) is 9.71. The standard InChI is InChI=1S/C27H29ClN2O5/c28-26-23(34-16-18-7-3-1-4-8-18)12-11-21(29-26)22(31)15-30-14-19-13-24(25(32)27(19,33)17-30)35-20-9-5-2-6-10-20/h1-12,19,22,24-25,31-33H,13-17H2/t19-,22?,24+,25+,27-/m0/s1. The van der Waals surface area contributed by atoms with E-state index >= 15 is 0 Å². The van der Waals surface area contributed by atoms with Crippen molar-refractivity contribution < 1.29 is 24.8 Å². The summed E-state index contributed by atoms with van der Waals surface area (Å²) in [5, 5.41) is 33.0. The van der Waals surface area contributed by atoms with Crippen molar-refractivity contribution in [2.45, 2.75) is 36.9 Å². The minimum absolute atomic E-state index is 0.149. The number of nitrogens with zero attached hydrogens (tertiary/aromatic N) is 2. The van der Waals surface area contributed by atoms with Gasteiger partial charge in [-0.2, -0.15) is 0 Å². The zero-order valence-corrected chi connectivity index (χ0v) is 20.0. The average Bonchev–Trinajstić information content (AvgIpc) is 3.29. The first-order valence-electron chi connectivity index (χ1n) is 11.8. The van der Waals surface area contributed by atoms with Crippen LogP contribution in [0.3, 0.4) is 0 Å². The molecule has 0 spiro atoms. The largest absolute Gasteiger partial charge is 0.488 e. The number of ether oxygens (including phenoxy) is 2. The number of pyridine rings is 1. The number of rotatable bonds is 8. The Kier molecular flexibility index (Phi) is 6.95. The summed E-state index contributed by atoms with van der Waals surface area (Å²) in [4.78, 5) is 6.27. The van der Waals surface area contributed by atoms with Crippen molar-refractivity contribution in [2.75, 3.05) is 19.6 Å². The Bertz CT molecular complexity index is 1130. The number of hydrogen-bond donors (Lipinski definition) is 3. The van der Waals surface area contributed by atoms with Gasteiger partial charge in [-0.05, 0) is 36.2 Å². The maximum Gasteiger partial charge on any atom is 0.171 e. The maximum absolute atomic E-state index is 11.2. The van der Waals surface area contributed by atoms with E-state index in [9.17, 15) is 15.3 Å². The van der Waals surface area contributed by atoms with Crippen LogP contribution in [0.5, 0.6) is 11.5 Å². The molecule has 1 aromatic heterocycles. The second-order valence-electron chi connectivity index (χ2n) is 9.35. The normalized spacial score (nSPS) is 26.9. The van der Waals surface area contributed by atoms with E-state index in [-0.39, 0.29) is 24.2 Å². The van der Waals surface area contributed by atoms with Crippen LogP contribution in [-0.4, -0.2) is 62.6 Å². The lowest BCUT2D eigenvalue weighted by Crippen LogP contribution is -2.49. The van der Waals surface area contributed by atoms with Gasteiger partial charge in [-0.1, -0.05) is 60.1 Å². The first kappa shape index (κ1) is 24.0. The van der Waals surface area contributed by atoms with Gasteiger partial charge in [0.15, 0.2) is 10.9 Å². The van der Waals surface area contributed by atoms with Gasteiger partial charge in [-0.3, -0.25) is 4.90 Å². The summed E-state index contributed by atoms with van der Waals surface area (Å²) < 4.78 is 11.7. The molecule has 7 nitrogen and oxygen atoms in total. The van der Waals surface area contributed by atoms with Crippen molar-refractivity contribution in [2.24, 2.45) is 5.92 Å². The molecule has 1 unspecified atom stereocenters. The molecular weight excluding hydrogens is 468 g/mol. The zero-order chi connectivity index (χ0) is 24.4. The smallest absolute Gasteiger partial charge is 0.171 e. The highest BCUT2D eigenvalue weighted by Crippen LogP contribution is 2.43. The number of β-amino-alcohol motifs (C(OH)–C–C–N with tert-alkyl or cyclic N) is 2. The van der Waals surface area contributed by atoms with E-state index in [1.54, 1.807) is 12.1 Å². The van der Waals surface area contributed by atoms with E-state index in [1.165, 1.54) is 0 Å². The summed E-state index contributed by atoms with van der Waals surface area (Å²) in [6, 6.07) is 22.5. The molecule has 8 heteroatoms. The third-order valence-electron chi connectivity index (χ3n) is 6.92. The SMILES string of the molecule is OC(CN1C[C@@H]2C[C@@H](Oc3ccccc3)[C@@H](O)[C@]2(O)C1)c1ccc(OCc2ccccc2)c(Cl)n1. The summed E-state index contributed by atoms with van der Waals surface area (Å²) in [6.07, 6.45) is -1.84. The van der Waals surface area contributed by atoms with Gasteiger partial charge in [0.2, 0.25) is 0 Å². The third kappa shape index (κ3) is 5.15. The minimum atomic E-state index is -1.28. The van der Waals surface area contributed by atoms with Crippen LogP contribution in [0.25, 0.3) is 0 Å². The molecule has 1 saturated carbocycles. The first-order chi connectivity index (χ1) is 16.9. The van der Waals surface area contributed by atoms with Gasteiger partial charge < -0.3 is 24.8 Å². The van der Waals surface area contributed by atoms with Gasteiger partial charge in [0.05, 0.1) is 5.69 Å². The van der Waals surface area contributed by atoms with Crippen LogP contribution in [-0.2, 0) is 6.61 Å². The van der Waals surface area contributed by atoms with Crippen LogP contribution in [0.15, 0.2) is 72.8 Å². The number of para-hydroxylation sites is 1. The predicted molar refractivity (Wildman–Crippen MR) is 131 cm³/mol. The number of aliphatic hydroxyl groups is 3. The lowest BCUT2D eigenvalue weighted by atomic mass is 9.93. The molecule has 5 rings (SSSR count). The van der Waals surface area contributed by atoms with Crippen molar-refractivity contribution in [3.05, 3.63) is 89.2 Å². The van der Waals surface area contributed by atoms with Gasteiger partial charge >= 0.3 is 0 Å². The van der Waals surface area contributed by atoms with E-state index in [0.717, 1.165) is 5.56 Å². The van der Waals surface area contributed by atoms with Gasteiger partial charge in [-0.25, -0.2) is 4.98 Å². The van der Waals surface area contributed by atoms with Crippen LogP contribution >= 0.6 is 11.6 Å². The van der Waals surface area contributed by atoms with Gasteiger partial charge in [0.1, 0.15) is 36.3 Å². The molecule has 35 heavy (non-hydrogen) atoms. The highest BCUT2D eigenvalue weighted by molar-refractivity contribution is 6.30. The van der Waals surface area contributed by atoms with Crippen LogP contribution in [0.1, 0.15) is 23.8 Å². The molecule has 0 radical (unpaired) electrons. The molecule has 2 aliphatic rings. The number of aromatic nitrogens is 1. The highest BCUT2D eigenvalue weighted by atomic mass is 35.5. The van der Waals surface area contributed by atoms with Crippen LogP contribution < -0.4 is 9.47 Å². The fourth-order valence-corrected chi connectivity index (χ4v) is 5.31. The minimum Gasteiger partial charge on any atom is -0.488 e. The summed E-state index contributed by atoms with van der Waals surface area (Å²) in [6.45, 7) is 1.43. The molecule has 2 aromatic carbocycles. The highest BCUT2D eigenvalue weighted by Gasteiger charge is 2.59. The topological polar surface area (TPSA) is 95.3 Å². The first-order valence-corrected chi connectivity index (χ1v) is 12.2. The van der Waals surface area contributed by atoms with E-state index < -0.39 is 23.9 Å². The number of hydrogen-bond acceptors (Lipinski definition) is 7. The van der Waals surface area contributed by atoms with Crippen molar-refractivity contribution in [3.63, 3.8) is 0 Å². The molecule has 3 aromatic rings. The molecule has 0 amide bonds.